The minimum absolute atomic E-state index is 0.0602. The molecule has 4 N–H and O–H groups in total. The molecular weight excluding hydrogens is 116 g/mol. The maximum atomic E-state index is 8.63. The van der Waals surface area contributed by atoms with E-state index in [4.69, 9.17) is 10.8 Å². The van der Waals surface area contributed by atoms with Gasteiger partial charge < -0.3 is 16.2 Å². The van der Waals surface area contributed by atoms with Gasteiger partial charge in [0.05, 0.1) is 6.61 Å². The van der Waals surface area contributed by atoms with Crippen molar-refractivity contribution in [2.45, 2.75) is 25.9 Å². The molecule has 0 heterocycles. The standard InChI is InChI=1S/C6H16N2O/c1-5(2)8-6(3-7)4-9/h5-6,8-9H,3-4,7H2,1-2H3. The Kier molecular flexibility index (Phi) is 4.67. The van der Waals surface area contributed by atoms with Crippen LogP contribution in [0, 0.1) is 0 Å². The lowest BCUT2D eigenvalue weighted by Gasteiger charge is -2.16. The highest BCUT2D eigenvalue weighted by atomic mass is 16.3. The molecule has 0 bridgehead atoms. The quantitative estimate of drug-likeness (QED) is 0.474. The molecule has 56 valence electrons. The van der Waals surface area contributed by atoms with Crippen LogP contribution < -0.4 is 11.1 Å². The lowest BCUT2D eigenvalue weighted by atomic mass is 10.3. The summed E-state index contributed by atoms with van der Waals surface area (Å²) in [6.07, 6.45) is 0. The second kappa shape index (κ2) is 4.73. The van der Waals surface area contributed by atoms with Crippen molar-refractivity contribution in [2.24, 2.45) is 5.73 Å². The summed E-state index contributed by atoms with van der Waals surface area (Å²) in [7, 11) is 0. The molecule has 0 aromatic heterocycles. The van der Waals surface area contributed by atoms with E-state index in [0.29, 0.717) is 12.6 Å². The predicted octanol–water partition coefficient (Wildman–Crippen LogP) is -0.696. The Hall–Kier alpha value is -0.120. The van der Waals surface area contributed by atoms with Gasteiger partial charge in [-0.25, -0.2) is 0 Å². The molecule has 0 aromatic rings. The number of hydrogen-bond donors (Lipinski definition) is 3. The van der Waals surface area contributed by atoms with Crippen LogP contribution in [0.4, 0.5) is 0 Å². The van der Waals surface area contributed by atoms with Crippen LogP contribution in [0.25, 0.3) is 0 Å². The van der Waals surface area contributed by atoms with Crippen molar-refractivity contribution in [2.75, 3.05) is 13.2 Å². The fraction of sp³-hybridized carbons (Fsp3) is 1.00. The normalized spacial score (nSPS) is 14.3. The first-order valence-corrected chi connectivity index (χ1v) is 3.27. The molecule has 0 aromatic carbocycles. The zero-order chi connectivity index (χ0) is 7.28. The summed E-state index contributed by atoms with van der Waals surface area (Å²) in [5, 5.41) is 11.7. The summed E-state index contributed by atoms with van der Waals surface area (Å²) in [5.74, 6) is 0. The van der Waals surface area contributed by atoms with Crippen molar-refractivity contribution in [1.29, 1.82) is 0 Å². The lowest BCUT2D eigenvalue weighted by molar-refractivity contribution is 0.238. The number of nitrogens with two attached hydrogens (primary N) is 1. The Bertz CT molecular complexity index is 62.1. The SMILES string of the molecule is CC(C)NC(CN)CO. The average Bonchev–Trinajstić information content (AvgIpc) is 1.82. The number of nitrogens with one attached hydrogen (secondary N) is 1. The van der Waals surface area contributed by atoms with E-state index in [1.165, 1.54) is 0 Å². The molecule has 0 aliphatic rings. The summed E-state index contributed by atoms with van der Waals surface area (Å²) in [6.45, 7) is 4.67. The van der Waals surface area contributed by atoms with Crippen molar-refractivity contribution in [3.8, 4) is 0 Å². The summed E-state index contributed by atoms with van der Waals surface area (Å²) >= 11 is 0. The monoisotopic (exact) mass is 132 g/mol. The molecule has 0 radical (unpaired) electrons. The summed E-state index contributed by atoms with van der Waals surface area (Å²) in [6, 6.07) is 0.454. The Morgan fingerprint density at radius 3 is 2.22 bits per heavy atom. The fourth-order valence-electron chi connectivity index (χ4n) is 0.667. The van der Waals surface area contributed by atoms with Crippen LogP contribution in [0.1, 0.15) is 13.8 Å². The van der Waals surface area contributed by atoms with Gasteiger partial charge in [-0.05, 0) is 0 Å². The third-order valence-corrected chi connectivity index (χ3v) is 1.07. The molecule has 0 aliphatic carbocycles. The number of hydrogen-bond acceptors (Lipinski definition) is 3. The Morgan fingerprint density at radius 1 is 1.56 bits per heavy atom. The molecule has 0 fully saturated rings. The first kappa shape index (κ1) is 8.88. The van der Waals surface area contributed by atoms with Gasteiger partial charge in [0.15, 0.2) is 0 Å². The highest BCUT2D eigenvalue weighted by molar-refractivity contribution is 4.67. The van der Waals surface area contributed by atoms with E-state index in [0.717, 1.165) is 0 Å². The van der Waals surface area contributed by atoms with Crippen molar-refractivity contribution in [3.63, 3.8) is 0 Å². The van der Waals surface area contributed by atoms with Gasteiger partial charge in [-0.15, -0.1) is 0 Å². The topological polar surface area (TPSA) is 58.3 Å². The highest BCUT2D eigenvalue weighted by Crippen LogP contribution is 1.82. The molecule has 9 heavy (non-hydrogen) atoms. The predicted molar refractivity (Wildman–Crippen MR) is 38.2 cm³/mol. The molecule has 0 amide bonds. The average molecular weight is 132 g/mol. The van der Waals surface area contributed by atoms with Gasteiger partial charge in [0.25, 0.3) is 0 Å². The Balaban J connectivity index is 3.31. The van der Waals surface area contributed by atoms with Gasteiger partial charge in [0, 0.05) is 18.6 Å². The number of aliphatic hydroxyl groups is 1. The van der Waals surface area contributed by atoms with Crippen molar-refractivity contribution in [1.82, 2.24) is 5.32 Å². The Morgan fingerprint density at radius 2 is 2.11 bits per heavy atom. The molecule has 1 unspecified atom stereocenters. The van der Waals surface area contributed by atoms with Gasteiger partial charge >= 0.3 is 0 Å². The van der Waals surface area contributed by atoms with Gasteiger partial charge in [-0.3, -0.25) is 0 Å². The zero-order valence-electron chi connectivity index (χ0n) is 6.09. The van der Waals surface area contributed by atoms with Crippen LogP contribution in [0.3, 0.4) is 0 Å². The smallest absolute Gasteiger partial charge is 0.0597 e. The first-order valence-electron chi connectivity index (χ1n) is 3.27. The van der Waals surface area contributed by atoms with E-state index in [1.807, 2.05) is 13.8 Å². The summed E-state index contributed by atoms with van der Waals surface area (Å²) in [4.78, 5) is 0. The number of aliphatic hydroxyl groups excluding tert-OH is 1. The maximum Gasteiger partial charge on any atom is 0.0597 e. The molecule has 3 heteroatoms. The van der Waals surface area contributed by atoms with Crippen molar-refractivity contribution >= 4 is 0 Å². The number of rotatable bonds is 4. The minimum atomic E-state index is 0.0602. The third-order valence-electron chi connectivity index (χ3n) is 1.07. The van der Waals surface area contributed by atoms with Crippen LogP contribution >= 0.6 is 0 Å². The van der Waals surface area contributed by atoms with E-state index in [9.17, 15) is 0 Å². The van der Waals surface area contributed by atoms with Crippen LogP contribution in [0.15, 0.2) is 0 Å². The molecule has 0 saturated heterocycles. The first-order chi connectivity index (χ1) is 4.20. The van der Waals surface area contributed by atoms with Gasteiger partial charge in [-0.2, -0.15) is 0 Å². The molecule has 0 aliphatic heterocycles. The second-order valence-corrected chi connectivity index (χ2v) is 2.44. The highest BCUT2D eigenvalue weighted by Gasteiger charge is 2.03. The van der Waals surface area contributed by atoms with Crippen molar-refractivity contribution in [3.05, 3.63) is 0 Å². The lowest BCUT2D eigenvalue weighted by Crippen LogP contribution is -2.42. The van der Waals surface area contributed by atoms with Gasteiger partial charge in [-0.1, -0.05) is 13.8 Å². The summed E-state index contributed by atoms with van der Waals surface area (Å²) < 4.78 is 0. The van der Waals surface area contributed by atoms with E-state index >= 15 is 0 Å². The van der Waals surface area contributed by atoms with Crippen LogP contribution in [-0.2, 0) is 0 Å². The maximum absolute atomic E-state index is 8.63. The second-order valence-electron chi connectivity index (χ2n) is 2.44. The van der Waals surface area contributed by atoms with E-state index < -0.39 is 0 Å². The third kappa shape index (κ3) is 4.39. The van der Waals surface area contributed by atoms with E-state index in [2.05, 4.69) is 5.32 Å². The molecule has 0 saturated carbocycles. The largest absolute Gasteiger partial charge is 0.395 e. The zero-order valence-corrected chi connectivity index (χ0v) is 6.09. The minimum Gasteiger partial charge on any atom is -0.395 e. The molecular formula is C6H16N2O. The van der Waals surface area contributed by atoms with E-state index in [1.54, 1.807) is 0 Å². The molecule has 0 spiro atoms. The fourth-order valence-corrected chi connectivity index (χ4v) is 0.667. The van der Waals surface area contributed by atoms with Crippen LogP contribution in [0.2, 0.25) is 0 Å². The van der Waals surface area contributed by atoms with E-state index in [-0.39, 0.29) is 12.6 Å². The van der Waals surface area contributed by atoms with Crippen molar-refractivity contribution < 1.29 is 5.11 Å². The Labute approximate surface area is 56.2 Å². The van der Waals surface area contributed by atoms with Gasteiger partial charge in [0.1, 0.15) is 0 Å². The van der Waals surface area contributed by atoms with Gasteiger partial charge in [0.2, 0.25) is 0 Å². The van der Waals surface area contributed by atoms with Crippen LogP contribution in [0.5, 0.6) is 0 Å². The molecule has 3 nitrogen and oxygen atoms in total. The molecule has 1 atom stereocenters. The van der Waals surface area contributed by atoms with Crippen LogP contribution in [-0.4, -0.2) is 30.3 Å². The molecule has 0 rings (SSSR count). The summed E-state index contributed by atoms with van der Waals surface area (Å²) in [5.41, 5.74) is 5.31.